The van der Waals surface area contributed by atoms with Crippen molar-refractivity contribution in [3.63, 3.8) is 0 Å². The molecule has 0 saturated carbocycles. The molecule has 74 valence electrons. The highest BCUT2D eigenvalue weighted by Gasteiger charge is 2.22. The van der Waals surface area contributed by atoms with Crippen LogP contribution >= 0.6 is 0 Å². The van der Waals surface area contributed by atoms with Crippen molar-refractivity contribution >= 4 is 10.0 Å². The molecule has 0 amide bonds. The van der Waals surface area contributed by atoms with E-state index in [2.05, 4.69) is 0 Å². The first-order valence-electron chi connectivity index (χ1n) is 4.49. The van der Waals surface area contributed by atoms with Gasteiger partial charge in [0.15, 0.2) is 0 Å². The van der Waals surface area contributed by atoms with Crippen LogP contribution in [-0.2, 0) is 10.0 Å². The summed E-state index contributed by atoms with van der Waals surface area (Å²) in [4.78, 5) is 0. The molecule has 0 bridgehead atoms. The van der Waals surface area contributed by atoms with Crippen LogP contribution in [0.5, 0.6) is 0 Å². The van der Waals surface area contributed by atoms with Gasteiger partial charge in [-0.1, -0.05) is 13.8 Å². The molecule has 0 N–H and O–H groups in total. The van der Waals surface area contributed by atoms with Crippen molar-refractivity contribution in [1.82, 2.24) is 4.31 Å². The lowest BCUT2D eigenvalue weighted by atomic mass is 10.3. The number of nitrogens with zero attached hydrogens (tertiary/aromatic N) is 1. The van der Waals surface area contributed by atoms with Crippen molar-refractivity contribution in [2.75, 3.05) is 12.3 Å². The molecule has 0 aromatic carbocycles. The Morgan fingerprint density at radius 3 is 2.00 bits per heavy atom. The second kappa shape index (κ2) is 4.82. The van der Waals surface area contributed by atoms with Crippen molar-refractivity contribution in [2.24, 2.45) is 0 Å². The smallest absolute Gasteiger partial charge is 0.212 e. The van der Waals surface area contributed by atoms with Gasteiger partial charge in [-0.25, -0.2) is 8.42 Å². The fourth-order valence-electron chi connectivity index (χ4n) is 1.15. The molecule has 0 radical (unpaired) electrons. The van der Waals surface area contributed by atoms with Crippen LogP contribution in [0.4, 0.5) is 0 Å². The maximum Gasteiger partial charge on any atom is 0.214 e. The Balaban J connectivity index is 4.56. The third-order valence-corrected chi connectivity index (χ3v) is 4.18. The fraction of sp³-hybridized carbons (Fsp3) is 1.00. The average molecular weight is 193 g/mol. The van der Waals surface area contributed by atoms with Crippen LogP contribution in [0.15, 0.2) is 0 Å². The van der Waals surface area contributed by atoms with Crippen LogP contribution in [0.25, 0.3) is 0 Å². The Morgan fingerprint density at radius 2 is 1.75 bits per heavy atom. The Morgan fingerprint density at radius 1 is 1.25 bits per heavy atom. The molecule has 4 heteroatoms. The summed E-state index contributed by atoms with van der Waals surface area (Å²) in [5.41, 5.74) is 0. The van der Waals surface area contributed by atoms with Crippen molar-refractivity contribution in [3.05, 3.63) is 0 Å². The number of hydrogen-bond acceptors (Lipinski definition) is 2. The number of sulfonamides is 1. The van der Waals surface area contributed by atoms with E-state index in [0.29, 0.717) is 6.54 Å². The molecule has 0 saturated heterocycles. The van der Waals surface area contributed by atoms with Gasteiger partial charge in [0, 0.05) is 12.6 Å². The van der Waals surface area contributed by atoms with E-state index >= 15 is 0 Å². The number of hydrogen-bond donors (Lipinski definition) is 0. The van der Waals surface area contributed by atoms with Crippen LogP contribution in [0.3, 0.4) is 0 Å². The maximum atomic E-state index is 11.5. The zero-order chi connectivity index (χ0) is 9.78. The molecule has 0 aromatic heterocycles. The zero-order valence-corrected chi connectivity index (χ0v) is 9.19. The summed E-state index contributed by atoms with van der Waals surface area (Å²) < 4.78 is 24.5. The first kappa shape index (κ1) is 11.9. The molecule has 3 nitrogen and oxygen atoms in total. The summed E-state index contributed by atoms with van der Waals surface area (Å²) in [6, 6.07) is 0.125. The van der Waals surface area contributed by atoms with E-state index in [1.807, 2.05) is 20.8 Å². The molecule has 0 aliphatic heterocycles. The highest BCUT2D eigenvalue weighted by molar-refractivity contribution is 7.89. The van der Waals surface area contributed by atoms with Gasteiger partial charge in [0.2, 0.25) is 10.0 Å². The monoisotopic (exact) mass is 193 g/mol. The molecule has 1 unspecified atom stereocenters. The van der Waals surface area contributed by atoms with Gasteiger partial charge in [-0.05, 0) is 20.3 Å². The topological polar surface area (TPSA) is 37.4 Å². The molecule has 0 rings (SSSR count). The molecule has 0 spiro atoms. The normalized spacial score (nSPS) is 15.1. The molecule has 12 heavy (non-hydrogen) atoms. The van der Waals surface area contributed by atoms with E-state index < -0.39 is 10.0 Å². The number of rotatable bonds is 5. The standard InChI is InChI=1S/C8H19NO2S/c1-5-8(4)9(6-2)12(10,11)7-3/h8H,5-7H2,1-4H3. The van der Waals surface area contributed by atoms with E-state index in [1.165, 1.54) is 0 Å². The van der Waals surface area contributed by atoms with Crippen LogP contribution in [0, 0.1) is 0 Å². The predicted octanol–water partition coefficient (Wildman–Crippen LogP) is 1.46. The van der Waals surface area contributed by atoms with Gasteiger partial charge in [0.1, 0.15) is 0 Å². The molecular weight excluding hydrogens is 174 g/mol. The van der Waals surface area contributed by atoms with Gasteiger partial charge >= 0.3 is 0 Å². The molecule has 0 aliphatic rings. The molecule has 0 fully saturated rings. The lowest BCUT2D eigenvalue weighted by molar-refractivity contribution is 0.343. The van der Waals surface area contributed by atoms with Crippen LogP contribution in [-0.4, -0.2) is 31.1 Å². The maximum absolute atomic E-state index is 11.5. The molecule has 0 aromatic rings. The highest BCUT2D eigenvalue weighted by atomic mass is 32.2. The third-order valence-electron chi connectivity index (χ3n) is 2.12. The van der Waals surface area contributed by atoms with Crippen LogP contribution < -0.4 is 0 Å². The first-order chi connectivity index (χ1) is 5.49. The molecular formula is C8H19NO2S. The summed E-state index contributed by atoms with van der Waals surface area (Å²) in [5, 5.41) is 0. The zero-order valence-electron chi connectivity index (χ0n) is 8.37. The van der Waals surface area contributed by atoms with Gasteiger partial charge in [0.05, 0.1) is 5.75 Å². The van der Waals surface area contributed by atoms with E-state index in [1.54, 1.807) is 11.2 Å². The Bertz CT molecular complexity index is 211. The second-order valence-corrected chi connectivity index (χ2v) is 5.07. The Kier molecular flexibility index (Phi) is 4.78. The quantitative estimate of drug-likeness (QED) is 0.663. The predicted molar refractivity (Wildman–Crippen MR) is 51.6 cm³/mol. The van der Waals surface area contributed by atoms with Crippen LogP contribution in [0.2, 0.25) is 0 Å². The van der Waals surface area contributed by atoms with Crippen LogP contribution in [0.1, 0.15) is 34.1 Å². The lowest BCUT2D eigenvalue weighted by Crippen LogP contribution is -2.38. The Labute approximate surface area is 75.8 Å². The van der Waals surface area contributed by atoms with E-state index in [-0.39, 0.29) is 11.8 Å². The minimum atomic E-state index is -2.99. The Hall–Kier alpha value is -0.0900. The molecule has 0 aliphatic carbocycles. The fourth-order valence-corrected chi connectivity index (χ4v) is 2.57. The van der Waals surface area contributed by atoms with Crippen molar-refractivity contribution in [3.8, 4) is 0 Å². The van der Waals surface area contributed by atoms with Gasteiger partial charge in [0.25, 0.3) is 0 Å². The van der Waals surface area contributed by atoms with E-state index in [0.717, 1.165) is 6.42 Å². The van der Waals surface area contributed by atoms with Gasteiger partial charge < -0.3 is 0 Å². The average Bonchev–Trinajstić information content (AvgIpc) is 2.05. The minimum Gasteiger partial charge on any atom is -0.212 e. The van der Waals surface area contributed by atoms with Crippen molar-refractivity contribution in [2.45, 2.75) is 40.2 Å². The van der Waals surface area contributed by atoms with E-state index in [9.17, 15) is 8.42 Å². The highest BCUT2D eigenvalue weighted by Crippen LogP contribution is 2.09. The second-order valence-electron chi connectivity index (χ2n) is 2.86. The third kappa shape index (κ3) is 2.75. The molecule has 0 heterocycles. The summed E-state index contributed by atoms with van der Waals surface area (Å²) in [6.07, 6.45) is 0.868. The van der Waals surface area contributed by atoms with Crippen molar-refractivity contribution in [1.29, 1.82) is 0 Å². The summed E-state index contributed by atoms with van der Waals surface area (Å²) in [7, 11) is -2.99. The summed E-state index contributed by atoms with van der Waals surface area (Å²) >= 11 is 0. The SMILES string of the molecule is CCC(C)N(CC)S(=O)(=O)CC. The minimum absolute atomic E-state index is 0.125. The van der Waals surface area contributed by atoms with E-state index in [4.69, 9.17) is 0 Å². The van der Waals surface area contributed by atoms with Crippen molar-refractivity contribution < 1.29 is 8.42 Å². The van der Waals surface area contributed by atoms with Gasteiger partial charge in [-0.2, -0.15) is 4.31 Å². The largest absolute Gasteiger partial charge is 0.214 e. The van der Waals surface area contributed by atoms with Gasteiger partial charge in [-0.3, -0.25) is 0 Å². The summed E-state index contributed by atoms with van der Waals surface area (Å²) in [5.74, 6) is 0.200. The molecule has 1 atom stereocenters. The first-order valence-corrected chi connectivity index (χ1v) is 6.10. The lowest BCUT2D eigenvalue weighted by Gasteiger charge is -2.25. The van der Waals surface area contributed by atoms with Gasteiger partial charge in [-0.15, -0.1) is 0 Å². The summed E-state index contributed by atoms with van der Waals surface area (Å²) in [6.45, 7) is 8.07.